The predicted octanol–water partition coefficient (Wildman–Crippen LogP) is 3.88. The van der Waals surface area contributed by atoms with Crippen molar-refractivity contribution in [1.29, 1.82) is 0 Å². The van der Waals surface area contributed by atoms with Gasteiger partial charge in [0.15, 0.2) is 0 Å². The number of hydrogen-bond donors (Lipinski definition) is 1. The van der Waals surface area contributed by atoms with E-state index in [1.54, 1.807) is 18.2 Å². The zero-order valence-electron chi connectivity index (χ0n) is 15.9. The number of thioether (sulfide) groups is 1. The molecule has 1 saturated heterocycles. The summed E-state index contributed by atoms with van der Waals surface area (Å²) >= 11 is 6.23. The van der Waals surface area contributed by atoms with Gasteiger partial charge in [0.05, 0.1) is 9.83 Å². The number of rotatable bonds is 6. The Morgan fingerprint density at radius 3 is 2.58 bits per heavy atom. The summed E-state index contributed by atoms with van der Waals surface area (Å²) in [6.45, 7) is 0.0240. The molecule has 2 heterocycles. The van der Waals surface area contributed by atoms with Gasteiger partial charge in [0.1, 0.15) is 10.9 Å². The second-order valence-electron chi connectivity index (χ2n) is 6.81. The van der Waals surface area contributed by atoms with Crippen LogP contribution >= 0.6 is 24.0 Å². The standard InChI is InChI=1S/C21H15N3O5S2/c25-19(26)12-23-20(27)18(31-21(23)30)9-14-11-22(17-4-2-1-3-16(14)17)10-13-5-7-15(8-6-13)24(28)29/h1-9,11H,10,12H2,(H,25,26)/b18-9+. The van der Waals surface area contributed by atoms with Crippen LogP contribution in [-0.2, 0) is 16.1 Å². The van der Waals surface area contributed by atoms with Gasteiger partial charge in [-0.1, -0.05) is 54.3 Å². The van der Waals surface area contributed by atoms with Crippen molar-refractivity contribution in [2.75, 3.05) is 6.54 Å². The maximum Gasteiger partial charge on any atom is 0.323 e. The molecule has 0 radical (unpaired) electrons. The molecular formula is C21H15N3O5S2. The molecule has 1 N–H and O–H groups in total. The van der Waals surface area contributed by atoms with Crippen molar-refractivity contribution in [2.24, 2.45) is 0 Å². The summed E-state index contributed by atoms with van der Waals surface area (Å²) in [6.07, 6.45) is 3.62. The van der Waals surface area contributed by atoms with Crippen LogP contribution in [0.3, 0.4) is 0 Å². The van der Waals surface area contributed by atoms with Crippen molar-refractivity contribution >= 4 is 62.8 Å². The molecule has 0 saturated carbocycles. The smallest absolute Gasteiger partial charge is 0.323 e. The molecule has 1 amide bonds. The second kappa shape index (κ2) is 8.32. The third kappa shape index (κ3) is 4.21. The number of carbonyl (C=O) groups excluding carboxylic acids is 1. The molecule has 0 aliphatic carbocycles. The molecule has 3 aromatic rings. The second-order valence-corrected chi connectivity index (χ2v) is 8.49. The maximum atomic E-state index is 12.6. The third-order valence-electron chi connectivity index (χ3n) is 4.77. The molecule has 0 spiro atoms. The van der Waals surface area contributed by atoms with E-state index in [2.05, 4.69) is 0 Å². The number of fused-ring (bicyclic) bond motifs is 1. The Morgan fingerprint density at radius 1 is 1.19 bits per heavy atom. The van der Waals surface area contributed by atoms with Crippen LogP contribution in [0.25, 0.3) is 17.0 Å². The molecule has 0 bridgehead atoms. The Morgan fingerprint density at radius 2 is 1.90 bits per heavy atom. The number of nitrogens with zero attached hydrogens (tertiary/aromatic N) is 3. The van der Waals surface area contributed by atoms with Gasteiger partial charge in [0.2, 0.25) is 0 Å². The number of non-ortho nitro benzene ring substituents is 1. The van der Waals surface area contributed by atoms with Crippen molar-refractivity contribution in [3.8, 4) is 0 Å². The highest BCUT2D eigenvalue weighted by Gasteiger charge is 2.33. The van der Waals surface area contributed by atoms with E-state index < -0.39 is 23.3 Å². The Hall–Kier alpha value is -3.50. The third-order valence-corrected chi connectivity index (χ3v) is 6.15. The van der Waals surface area contributed by atoms with E-state index in [-0.39, 0.29) is 10.0 Å². The number of carbonyl (C=O) groups is 2. The van der Waals surface area contributed by atoms with Gasteiger partial charge in [-0.25, -0.2) is 0 Å². The quantitative estimate of drug-likeness (QED) is 0.261. The predicted molar refractivity (Wildman–Crippen MR) is 122 cm³/mol. The summed E-state index contributed by atoms with van der Waals surface area (Å²) in [5, 5.41) is 20.8. The highest BCUT2D eigenvalue weighted by atomic mass is 32.2. The average Bonchev–Trinajstić information content (AvgIpc) is 3.20. The van der Waals surface area contributed by atoms with Crippen molar-refractivity contribution < 1.29 is 19.6 Å². The monoisotopic (exact) mass is 453 g/mol. The fourth-order valence-corrected chi connectivity index (χ4v) is 4.60. The molecule has 0 unspecified atom stereocenters. The van der Waals surface area contributed by atoms with Gasteiger partial charge in [-0.3, -0.25) is 24.6 Å². The number of carboxylic acids is 1. The first-order chi connectivity index (χ1) is 14.8. The molecule has 4 rings (SSSR count). The minimum Gasteiger partial charge on any atom is -0.480 e. The highest BCUT2D eigenvalue weighted by Crippen LogP contribution is 2.34. The summed E-state index contributed by atoms with van der Waals surface area (Å²) < 4.78 is 2.22. The van der Waals surface area contributed by atoms with E-state index in [0.29, 0.717) is 11.4 Å². The number of nitro benzene ring substituents is 1. The Balaban J connectivity index is 1.68. The number of carboxylic acid groups (broad SMARTS) is 1. The summed E-state index contributed by atoms with van der Waals surface area (Å²) in [5.74, 6) is -1.55. The van der Waals surface area contributed by atoms with Gasteiger partial charge in [0.25, 0.3) is 11.6 Å². The van der Waals surface area contributed by atoms with Gasteiger partial charge in [0, 0.05) is 41.3 Å². The molecule has 156 valence electrons. The largest absolute Gasteiger partial charge is 0.480 e. The van der Waals surface area contributed by atoms with Crippen molar-refractivity contribution in [1.82, 2.24) is 9.47 Å². The van der Waals surface area contributed by atoms with E-state index >= 15 is 0 Å². The number of nitro groups is 1. The summed E-state index contributed by atoms with van der Waals surface area (Å²) in [6, 6.07) is 14.0. The van der Waals surface area contributed by atoms with Gasteiger partial charge in [-0.05, 0) is 17.7 Å². The van der Waals surface area contributed by atoms with E-state index in [0.717, 1.165) is 38.7 Å². The van der Waals surface area contributed by atoms with Crippen LogP contribution in [0.5, 0.6) is 0 Å². The van der Waals surface area contributed by atoms with Crippen LogP contribution in [0, 0.1) is 10.1 Å². The van der Waals surface area contributed by atoms with Crippen LogP contribution in [0.15, 0.2) is 59.6 Å². The summed E-state index contributed by atoms with van der Waals surface area (Å²) in [5.41, 5.74) is 2.66. The number of aromatic nitrogens is 1. The molecular weight excluding hydrogens is 438 g/mol. The lowest BCUT2D eigenvalue weighted by molar-refractivity contribution is -0.384. The van der Waals surface area contributed by atoms with E-state index in [1.165, 1.54) is 12.1 Å². The van der Waals surface area contributed by atoms with E-state index in [9.17, 15) is 19.7 Å². The lowest BCUT2D eigenvalue weighted by Gasteiger charge is -2.10. The van der Waals surface area contributed by atoms with E-state index in [1.807, 2.05) is 35.0 Å². The number of aliphatic carboxylic acids is 1. The number of benzene rings is 2. The molecule has 31 heavy (non-hydrogen) atoms. The topological polar surface area (TPSA) is 106 Å². The van der Waals surface area contributed by atoms with Crippen LogP contribution in [0.1, 0.15) is 11.1 Å². The maximum absolute atomic E-state index is 12.6. The lowest BCUT2D eigenvalue weighted by atomic mass is 10.1. The van der Waals surface area contributed by atoms with Crippen LogP contribution in [0.2, 0.25) is 0 Å². The SMILES string of the molecule is O=C(O)CN1C(=O)/C(=C\c2cn(Cc3ccc([N+](=O)[O-])cc3)c3ccccc23)SC1=S. The van der Waals surface area contributed by atoms with Gasteiger partial charge >= 0.3 is 5.97 Å². The normalized spacial score (nSPS) is 15.2. The number of para-hydroxylation sites is 1. The van der Waals surface area contributed by atoms with Gasteiger partial charge in [-0.2, -0.15) is 0 Å². The fraction of sp³-hybridized carbons (Fsp3) is 0.0952. The summed E-state index contributed by atoms with van der Waals surface area (Å²) in [7, 11) is 0. The first-order valence-electron chi connectivity index (χ1n) is 9.12. The fourth-order valence-electron chi connectivity index (χ4n) is 3.35. The average molecular weight is 454 g/mol. The first-order valence-corrected chi connectivity index (χ1v) is 10.3. The number of amides is 1. The van der Waals surface area contributed by atoms with Crippen LogP contribution in [-0.4, -0.2) is 42.2 Å². The minimum atomic E-state index is -1.13. The summed E-state index contributed by atoms with van der Waals surface area (Å²) in [4.78, 5) is 35.5. The molecule has 10 heteroatoms. The molecule has 1 fully saturated rings. The molecule has 1 aliphatic rings. The van der Waals surface area contributed by atoms with Crippen molar-refractivity contribution in [2.45, 2.75) is 6.54 Å². The Bertz CT molecular complexity index is 1260. The van der Waals surface area contributed by atoms with Gasteiger partial charge < -0.3 is 9.67 Å². The molecule has 0 atom stereocenters. The zero-order chi connectivity index (χ0) is 22.1. The molecule has 8 nitrogen and oxygen atoms in total. The van der Waals surface area contributed by atoms with Gasteiger partial charge in [-0.15, -0.1) is 0 Å². The Labute approximate surface area is 185 Å². The number of hydrogen-bond acceptors (Lipinski definition) is 6. The van der Waals surface area contributed by atoms with Crippen molar-refractivity contribution in [3.63, 3.8) is 0 Å². The molecule has 1 aromatic heterocycles. The first kappa shape index (κ1) is 20.8. The van der Waals surface area contributed by atoms with E-state index in [4.69, 9.17) is 17.3 Å². The van der Waals surface area contributed by atoms with Crippen LogP contribution in [0.4, 0.5) is 5.69 Å². The number of thiocarbonyl (C=S) groups is 1. The lowest BCUT2D eigenvalue weighted by Crippen LogP contribution is -2.33. The Kier molecular flexibility index (Phi) is 5.57. The highest BCUT2D eigenvalue weighted by molar-refractivity contribution is 8.26. The zero-order valence-corrected chi connectivity index (χ0v) is 17.6. The molecule has 2 aromatic carbocycles. The molecule has 1 aliphatic heterocycles. The van der Waals surface area contributed by atoms with Crippen molar-refractivity contribution in [3.05, 3.63) is 80.9 Å². The van der Waals surface area contributed by atoms with Crippen LogP contribution < -0.4 is 0 Å². The minimum absolute atomic E-state index is 0.0326.